The standard InChI is InChI=1S/C19H25NS/c1-5-16-7-9-17(10-8-16)19(20)15(4)21-18-11-6-13(2)14(3)12-18/h6-12,15,19H,5,20H2,1-4H3. The van der Waals surface area contributed by atoms with E-state index in [-0.39, 0.29) is 6.04 Å². The number of hydrogen-bond acceptors (Lipinski definition) is 2. The molecule has 2 unspecified atom stereocenters. The van der Waals surface area contributed by atoms with Crippen molar-refractivity contribution in [2.24, 2.45) is 5.73 Å². The number of hydrogen-bond donors (Lipinski definition) is 1. The van der Waals surface area contributed by atoms with Crippen molar-refractivity contribution < 1.29 is 0 Å². The van der Waals surface area contributed by atoms with Crippen molar-refractivity contribution >= 4 is 11.8 Å². The smallest absolute Gasteiger partial charge is 0.0416 e. The van der Waals surface area contributed by atoms with Crippen molar-refractivity contribution in [2.75, 3.05) is 0 Å². The Kier molecular flexibility index (Phi) is 5.49. The summed E-state index contributed by atoms with van der Waals surface area (Å²) in [5.74, 6) is 0. The molecule has 0 bridgehead atoms. The van der Waals surface area contributed by atoms with Gasteiger partial charge in [0.2, 0.25) is 0 Å². The third-order valence-corrected chi connectivity index (χ3v) is 5.27. The van der Waals surface area contributed by atoms with Gasteiger partial charge in [0.1, 0.15) is 0 Å². The Morgan fingerprint density at radius 2 is 1.67 bits per heavy atom. The number of benzene rings is 2. The fourth-order valence-electron chi connectivity index (χ4n) is 2.32. The molecule has 0 radical (unpaired) electrons. The maximum absolute atomic E-state index is 6.43. The molecular weight excluding hydrogens is 274 g/mol. The van der Waals surface area contributed by atoms with Crippen LogP contribution in [0.5, 0.6) is 0 Å². The Hall–Kier alpha value is -1.25. The molecule has 0 aliphatic carbocycles. The topological polar surface area (TPSA) is 26.0 Å². The number of thioether (sulfide) groups is 1. The molecule has 2 N–H and O–H groups in total. The van der Waals surface area contributed by atoms with E-state index in [1.807, 2.05) is 11.8 Å². The van der Waals surface area contributed by atoms with E-state index >= 15 is 0 Å². The highest BCUT2D eigenvalue weighted by Crippen LogP contribution is 2.31. The van der Waals surface area contributed by atoms with Gasteiger partial charge >= 0.3 is 0 Å². The van der Waals surface area contributed by atoms with E-state index in [1.165, 1.54) is 27.1 Å². The maximum Gasteiger partial charge on any atom is 0.0416 e. The van der Waals surface area contributed by atoms with Gasteiger partial charge in [-0.15, -0.1) is 11.8 Å². The Morgan fingerprint density at radius 3 is 2.24 bits per heavy atom. The number of nitrogens with two attached hydrogens (primary N) is 1. The minimum Gasteiger partial charge on any atom is -0.323 e. The van der Waals surface area contributed by atoms with E-state index in [1.54, 1.807) is 0 Å². The summed E-state index contributed by atoms with van der Waals surface area (Å²) in [6.45, 7) is 8.69. The molecule has 2 rings (SSSR count). The second kappa shape index (κ2) is 7.15. The van der Waals surface area contributed by atoms with Gasteiger partial charge in [-0.05, 0) is 54.7 Å². The lowest BCUT2D eigenvalue weighted by molar-refractivity contribution is 0.714. The van der Waals surface area contributed by atoms with Gasteiger partial charge in [0.05, 0.1) is 0 Å². The molecule has 2 atom stereocenters. The van der Waals surface area contributed by atoms with Gasteiger partial charge < -0.3 is 5.73 Å². The highest BCUT2D eigenvalue weighted by Gasteiger charge is 2.16. The highest BCUT2D eigenvalue weighted by atomic mass is 32.2. The monoisotopic (exact) mass is 299 g/mol. The van der Waals surface area contributed by atoms with Crippen LogP contribution in [0.4, 0.5) is 0 Å². The van der Waals surface area contributed by atoms with Crippen LogP contribution < -0.4 is 5.73 Å². The molecule has 0 saturated carbocycles. The van der Waals surface area contributed by atoms with Crippen molar-refractivity contribution in [3.05, 3.63) is 64.7 Å². The SMILES string of the molecule is CCc1ccc(C(N)C(C)Sc2ccc(C)c(C)c2)cc1. The molecule has 0 aliphatic rings. The van der Waals surface area contributed by atoms with Gasteiger partial charge in [-0.3, -0.25) is 0 Å². The van der Waals surface area contributed by atoms with Crippen LogP contribution in [0.1, 0.15) is 42.1 Å². The summed E-state index contributed by atoms with van der Waals surface area (Å²) >= 11 is 1.85. The van der Waals surface area contributed by atoms with Crippen LogP contribution in [-0.2, 0) is 6.42 Å². The molecule has 21 heavy (non-hydrogen) atoms. The Morgan fingerprint density at radius 1 is 1.00 bits per heavy atom. The highest BCUT2D eigenvalue weighted by molar-refractivity contribution is 8.00. The van der Waals surface area contributed by atoms with Crippen LogP contribution in [0.25, 0.3) is 0 Å². The molecule has 2 aromatic rings. The second-order valence-corrected chi connectivity index (χ2v) is 7.14. The van der Waals surface area contributed by atoms with E-state index in [9.17, 15) is 0 Å². The first-order chi connectivity index (χ1) is 10.0. The van der Waals surface area contributed by atoms with Crippen LogP contribution in [-0.4, -0.2) is 5.25 Å². The van der Waals surface area contributed by atoms with E-state index in [4.69, 9.17) is 5.73 Å². The van der Waals surface area contributed by atoms with Gasteiger partial charge in [0, 0.05) is 16.2 Å². The third kappa shape index (κ3) is 4.12. The predicted molar refractivity (Wildman–Crippen MR) is 94.0 cm³/mol. The zero-order valence-electron chi connectivity index (χ0n) is 13.4. The zero-order valence-corrected chi connectivity index (χ0v) is 14.2. The van der Waals surface area contributed by atoms with Crippen LogP contribution in [0.2, 0.25) is 0 Å². The van der Waals surface area contributed by atoms with Crippen LogP contribution >= 0.6 is 11.8 Å². The minimum absolute atomic E-state index is 0.0579. The summed E-state index contributed by atoms with van der Waals surface area (Å²) < 4.78 is 0. The van der Waals surface area contributed by atoms with Gasteiger partial charge in [0.25, 0.3) is 0 Å². The molecule has 112 valence electrons. The summed E-state index contributed by atoms with van der Waals surface area (Å²) in [6.07, 6.45) is 1.07. The number of rotatable bonds is 5. The zero-order chi connectivity index (χ0) is 15.4. The quantitative estimate of drug-likeness (QED) is 0.782. The Balaban J connectivity index is 2.07. The largest absolute Gasteiger partial charge is 0.323 e. The molecule has 2 aromatic carbocycles. The molecule has 0 heterocycles. The summed E-state index contributed by atoms with van der Waals surface area (Å²) in [5.41, 5.74) is 11.7. The maximum atomic E-state index is 6.43. The van der Waals surface area contributed by atoms with Gasteiger partial charge in [0.15, 0.2) is 0 Å². The first-order valence-corrected chi connectivity index (χ1v) is 8.47. The van der Waals surface area contributed by atoms with Crippen LogP contribution in [0.3, 0.4) is 0 Å². The Bertz CT molecular complexity index is 589. The molecule has 0 fully saturated rings. The lowest BCUT2D eigenvalue weighted by Crippen LogP contribution is -2.21. The van der Waals surface area contributed by atoms with Crippen molar-refractivity contribution in [3.8, 4) is 0 Å². The molecule has 2 heteroatoms. The molecule has 0 aliphatic heterocycles. The molecule has 0 spiro atoms. The lowest BCUT2D eigenvalue weighted by atomic mass is 10.0. The van der Waals surface area contributed by atoms with Crippen molar-refractivity contribution in [1.29, 1.82) is 0 Å². The van der Waals surface area contributed by atoms with Crippen molar-refractivity contribution in [2.45, 2.75) is 50.3 Å². The number of aryl methyl sites for hydroxylation is 3. The average molecular weight is 299 g/mol. The lowest BCUT2D eigenvalue weighted by Gasteiger charge is -2.20. The minimum atomic E-state index is 0.0579. The first kappa shape index (κ1) is 16.1. The molecule has 0 aromatic heterocycles. The average Bonchev–Trinajstić information content (AvgIpc) is 2.50. The second-order valence-electron chi connectivity index (χ2n) is 5.69. The fraction of sp³-hybridized carbons (Fsp3) is 0.368. The summed E-state index contributed by atoms with van der Waals surface area (Å²) in [6, 6.07) is 15.4. The van der Waals surface area contributed by atoms with Gasteiger partial charge in [-0.25, -0.2) is 0 Å². The molecular formula is C19H25NS. The molecule has 1 nitrogen and oxygen atoms in total. The third-order valence-electron chi connectivity index (χ3n) is 4.08. The summed E-state index contributed by atoms with van der Waals surface area (Å²) in [4.78, 5) is 1.30. The Labute approximate surface area is 133 Å². The molecule has 0 amide bonds. The summed E-state index contributed by atoms with van der Waals surface area (Å²) in [5, 5.41) is 0.347. The van der Waals surface area contributed by atoms with Gasteiger partial charge in [-0.2, -0.15) is 0 Å². The van der Waals surface area contributed by atoms with E-state index < -0.39 is 0 Å². The fourth-order valence-corrected chi connectivity index (χ4v) is 3.45. The van der Waals surface area contributed by atoms with Crippen molar-refractivity contribution in [1.82, 2.24) is 0 Å². The predicted octanol–water partition coefficient (Wildman–Crippen LogP) is 5.05. The normalized spacial score (nSPS) is 14.0. The van der Waals surface area contributed by atoms with E-state index in [2.05, 4.69) is 70.2 Å². The van der Waals surface area contributed by atoms with E-state index in [0.717, 1.165) is 6.42 Å². The van der Waals surface area contributed by atoms with Crippen LogP contribution in [0.15, 0.2) is 47.4 Å². The summed E-state index contributed by atoms with van der Waals surface area (Å²) in [7, 11) is 0. The van der Waals surface area contributed by atoms with Crippen molar-refractivity contribution in [3.63, 3.8) is 0 Å². The first-order valence-electron chi connectivity index (χ1n) is 7.59. The van der Waals surface area contributed by atoms with Crippen LogP contribution in [0, 0.1) is 13.8 Å². The van der Waals surface area contributed by atoms with E-state index in [0.29, 0.717) is 5.25 Å². The molecule has 0 saturated heterocycles. The van der Waals surface area contributed by atoms with Gasteiger partial charge in [-0.1, -0.05) is 44.2 Å².